The highest BCUT2D eigenvalue weighted by Gasteiger charge is 2.40. The van der Waals surface area contributed by atoms with Gasteiger partial charge in [-0.1, -0.05) is 67.6 Å². The number of aromatic nitrogens is 2. The van der Waals surface area contributed by atoms with E-state index in [1.807, 2.05) is 66.3 Å². The van der Waals surface area contributed by atoms with E-state index >= 15 is 0 Å². The molecule has 1 amide bonds. The average Bonchev–Trinajstić information content (AvgIpc) is 3.41. The van der Waals surface area contributed by atoms with Crippen LogP contribution in [0.1, 0.15) is 29.7 Å². The number of hydrogen-bond donors (Lipinski definition) is 0. The maximum Gasteiger partial charge on any atom is 0.333 e. The first kappa shape index (κ1) is 21.9. The minimum atomic E-state index is -0.794. The molecule has 7 heteroatoms. The van der Waals surface area contributed by atoms with Gasteiger partial charge in [0.2, 0.25) is 0 Å². The van der Waals surface area contributed by atoms with Crippen molar-refractivity contribution in [3.05, 3.63) is 94.7 Å². The van der Waals surface area contributed by atoms with Crippen molar-refractivity contribution >= 4 is 29.2 Å². The van der Waals surface area contributed by atoms with Crippen LogP contribution in [-0.4, -0.2) is 46.0 Å². The smallest absolute Gasteiger partial charge is 0.333 e. The number of carbonyl (C=O) groups is 2. The Morgan fingerprint density at radius 2 is 1.81 bits per heavy atom. The third-order valence-electron chi connectivity index (χ3n) is 5.37. The lowest BCUT2D eigenvalue weighted by atomic mass is 10.1. The molecule has 4 rings (SSSR count). The number of hydrogen-bond acceptors (Lipinski definition) is 5. The second kappa shape index (κ2) is 9.87. The summed E-state index contributed by atoms with van der Waals surface area (Å²) in [7, 11) is 1.35. The van der Waals surface area contributed by atoms with E-state index in [2.05, 4.69) is 17.2 Å². The van der Waals surface area contributed by atoms with Crippen LogP contribution in [0.5, 0.6) is 0 Å². The molecule has 1 aromatic heterocycles. The molecule has 32 heavy (non-hydrogen) atoms. The first-order valence-corrected chi connectivity index (χ1v) is 11.5. The van der Waals surface area contributed by atoms with Crippen molar-refractivity contribution in [3.63, 3.8) is 0 Å². The van der Waals surface area contributed by atoms with Gasteiger partial charge in [-0.2, -0.15) is 5.10 Å². The van der Waals surface area contributed by atoms with Crippen molar-refractivity contribution in [2.24, 2.45) is 0 Å². The first-order chi connectivity index (χ1) is 15.6. The molecule has 6 nitrogen and oxygen atoms in total. The minimum absolute atomic E-state index is 0.151. The fraction of sp³-hybridized carbons (Fsp3) is 0.240. The van der Waals surface area contributed by atoms with Crippen molar-refractivity contribution in [2.45, 2.75) is 19.5 Å². The van der Waals surface area contributed by atoms with Gasteiger partial charge in [-0.25, -0.2) is 4.79 Å². The molecular weight excluding hydrogens is 422 g/mol. The van der Waals surface area contributed by atoms with Crippen LogP contribution in [0.4, 0.5) is 0 Å². The van der Waals surface area contributed by atoms with Crippen LogP contribution in [0.3, 0.4) is 0 Å². The van der Waals surface area contributed by atoms with Crippen molar-refractivity contribution in [1.29, 1.82) is 0 Å². The number of amides is 1. The third kappa shape index (κ3) is 4.48. The maximum atomic E-state index is 13.4. The van der Waals surface area contributed by atoms with E-state index in [1.54, 1.807) is 11.1 Å². The van der Waals surface area contributed by atoms with Crippen LogP contribution >= 0.6 is 11.8 Å². The summed E-state index contributed by atoms with van der Waals surface area (Å²) < 4.78 is 6.93. The van der Waals surface area contributed by atoms with Gasteiger partial charge in [-0.15, -0.1) is 11.8 Å². The summed E-state index contributed by atoms with van der Waals surface area (Å²) in [5.74, 6) is 0.151. The normalized spacial score (nSPS) is 14.7. The highest BCUT2D eigenvalue weighted by atomic mass is 32.2. The molecule has 1 aliphatic heterocycles. The van der Waals surface area contributed by atoms with Gasteiger partial charge in [0.05, 0.1) is 24.8 Å². The molecule has 1 aliphatic rings. The van der Waals surface area contributed by atoms with E-state index in [9.17, 15) is 9.59 Å². The van der Waals surface area contributed by atoms with Gasteiger partial charge < -0.3 is 9.64 Å². The summed E-state index contributed by atoms with van der Waals surface area (Å²) in [6.45, 7) is 2.99. The number of nitrogens with zero attached hydrogens (tertiary/aromatic N) is 3. The number of carbonyl (C=O) groups excluding carboxylic acids is 2. The molecule has 2 heterocycles. The van der Waals surface area contributed by atoms with Gasteiger partial charge in [0.25, 0.3) is 5.91 Å². The molecule has 0 saturated heterocycles. The monoisotopic (exact) mass is 447 g/mol. The quantitative estimate of drug-likeness (QED) is 0.486. The molecule has 1 atom stereocenters. The van der Waals surface area contributed by atoms with Gasteiger partial charge >= 0.3 is 5.97 Å². The molecule has 0 bridgehead atoms. The molecule has 164 valence electrons. The van der Waals surface area contributed by atoms with Crippen LogP contribution in [0.15, 0.2) is 78.0 Å². The summed E-state index contributed by atoms with van der Waals surface area (Å²) in [5, 5.41) is 4.51. The van der Waals surface area contributed by atoms with Gasteiger partial charge in [0.1, 0.15) is 0 Å². The molecule has 0 saturated carbocycles. The number of rotatable bonds is 8. The second-order valence-electron chi connectivity index (χ2n) is 7.42. The van der Waals surface area contributed by atoms with E-state index in [4.69, 9.17) is 4.74 Å². The predicted octanol–water partition coefficient (Wildman–Crippen LogP) is 4.15. The van der Waals surface area contributed by atoms with Crippen molar-refractivity contribution in [2.75, 3.05) is 19.4 Å². The Labute approximate surface area is 191 Å². The topological polar surface area (TPSA) is 64.4 Å². The van der Waals surface area contributed by atoms with Gasteiger partial charge in [-0.05, 0) is 16.9 Å². The second-order valence-corrected chi connectivity index (χ2v) is 8.70. The summed E-state index contributed by atoms with van der Waals surface area (Å²) in [4.78, 5) is 28.4. The number of benzene rings is 2. The zero-order chi connectivity index (χ0) is 22.5. The van der Waals surface area contributed by atoms with E-state index in [1.165, 1.54) is 18.9 Å². The molecule has 0 fully saturated rings. The number of esters is 1. The molecule has 2 aromatic carbocycles. The van der Waals surface area contributed by atoms with Crippen LogP contribution in [0.25, 0.3) is 5.57 Å². The third-order valence-corrected chi connectivity index (χ3v) is 6.37. The number of methoxy groups -OCH3 is 1. The number of thioether (sulfide) groups is 1. The Kier molecular flexibility index (Phi) is 6.75. The first-order valence-electron chi connectivity index (χ1n) is 10.5. The Morgan fingerprint density at radius 1 is 1.12 bits per heavy atom. The molecule has 0 spiro atoms. The number of ether oxygens (including phenoxy) is 1. The van der Waals surface area contributed by atoms with E-state index in [0.29, 0.717) is 18.0 Å². The standard InChI is InChI=1S/C25H25N3O3S/c1-3-32-23-21(20-14-26-27(16-20)15-18-10-6-4-7-11-18)17-28(24(23)29)22(25(30)31-2)19-12-8-5-9-13-19/h4-14,16,22H,3,15,17H2,1-2H3/t22-/m1/s1. The Balaban J connectivity index is 1.65. The molecule has 3 aromatic rings. The van der Waals surface area contributed by atoms with Crippen molar-refractivity contribution < 1.29 is 14.3 Å². The van der Waals surface area contributed by atoms with E-state index in [0.717, 1.165) is 28.0 Å². The summed E-state index contributed by atoms with van der Waals surface area (Å²) in [5.41, 5.74) is 3.67. The minimum Gasteiger partial charge on any atom is -0.467 e. The fourth-order valence-corrected chi connectivity index (χ4v) is 4.75. The lowest BCUT2D eigenvalue weighted by molar-refractivity contribution is -0.150. The van der Waals surface area contributed by atoms with Gasteiger partial charge in [0, 0.05) is 23.9 Å². The Hall–Kier alpha value is -3.32. The highest BCUT2D eigenvalue weighted by Crippen LogP contribution is 2.39. The molecule has 0 aliphatic carbocycles. The lowest BCUT2D eigenvalue weighted by Gasteiger charge is -2.26. The SMILES string of the molecule is CCSC1=C(c2cnn(Cc3ccccc3)c2)CN([C@@H](C(=O)OC)c2ccccc2)C1=O. The lowest BCUT2D eigenvalue weighted by Crippen LogP contribution is -2.37. The van der Waals surface area contributed by atoms with Crippen LogP contribution in [0, 0.1) is 0 Å². The van der Waals surface area contributed by atoms with Crippen molar-refractivity contribution in [3.8, 4) is 0 Å². The predicted molar refractivity (Wildman–Crippen MR) is 126 cm³/mol. The summed E-state index contributed by atoms with van der Waals surface area (Å²) >= 11 is 1.50. The maximum absolute atomic E-state index is 13.4. The summed E-state index contributed by atoms with van der Waals surface area (Å²) in [6.07, 6.45) is 3.76. The van der Waals surface area contributed by atoms with Crippen LogP contribution in [-0.2, 0) is 20.9 Å². The van der Waals surface area contributed by atoms with Crippen LogP contribution in [0.2, 0.25) is 0 Å². The molecular formula is C25H25N3O3S. The Morgan fingerprint density at radius 3 is 2.47 bits per heavy atom. The summed E-state index contributed by atoms with van der Waals surface area (Å²) in [6, 6.07) is 18.6. The Bertz CT molecular complexity index is 1130. The van der Waals surface area contributed by atoms with E-state index < -0.39 is 12.0 Å². The van der Waals surface area contributed by atoms with Crippen LogP contribution < -0.4 is 0 Å². The van der Waals surface area contributed by atoms with Crippen molar-refractivity contribution in [1.82, 2.24) is 14.7 Å². The highest BCUT2D eigenvalue weighted by molar-refractivity contribution is 8.04. The molecule has 0 N–H and O–H groups in total. The van der Waals surface area contributed by atoms with Gasteiger partial charge in [0.15, 0.2) is 6.04 Å². The van der Waals surface area contributed by atoms with E-state index in [-0.39, 0.29) is 5.91 Å². The average molecular weight is 448 g/mol. The molecule has 0 unspecified atom stereocenters. The van der Waals surface area contributed by atoms with Gasteiger partial charge in [-0.3, -0.25) is 9.48 Å². The molecule has 0 radical (unpaired) electrons. The zero-order valence-electron chi connectivity index (χ0n) is 18.1. The zero-order valence-corrected chi connectivity index (χ0v) is 18.9. The fourth-order valence-electron chi connectivity index (χ4n) is 3.86. The largest absolute Gasteiger partial charge is 0.467 e.